The van der Waals surface area contributed by atoms with E-state index in [0.717, 1.165) is 9.87 Å². The van der Waals surface area contributed by atoms with E-state index < -0.39 is 15.9 Å². The fraction of sp³-hybridized carbons (Fsp3) is 0.211. The van der Waals surface area contributed by atoms with E-state index in [9.17, 15) is 13.2 Å². The van der Waals surface area contributed by atoms with Gasteiger partial charge in [-0.1, -0.05) is 0 Å². The molecule has 1 amide bonds. The minimum Gasteiger partial charge on any atom is -0.497 e. The van der Waals surface area contributed by atoms with E-state index in [1.165, 1.54) is 33.4 Å². The molecule has 3 aromatic rings. The molecule has 0 saturated carbocycles. The third-order valence-corrected chi connectivity index (χ3v) is 6.07. The molecule has 0 saturated heterocycles. The third-order valence-electron chi connectivity index (χ3n) is 4.15. The Kier molecular flexibility index (Phi) is 5.66. The van der Waals surface area contributed by atoms with Gasteiger partial charge in [-0.3, -0.25) is 4.79 Å². The maximum Gasteiger partial charge on any atom is 0.292 e. The topological polar surface area (TPSA) is 115 Å². The summed E-state index contributed by atoms with van der Waals surface area (Å²) in [6.45, 7) is 1.49. The van der Waals surface area contributed by atoms with Crippen LogP contribution in [0.4, 0.5) is 5.82 Å². The van der Waals surface area contributed by atoms with Crippen LogP contribution in [0.3, 0.4) is 0 Å². The van der Waals surface area contributed by atoms with Crippen LogP contribution in [0, 0.1) is 6.92 Å². The molecule has 0 bridgehead atoms. The standard InChI is InChI=1S/C19H20N4O5S/c1-12-17(29(25,26)23(2)3)10-16(28-12)19(24)22-18-9-15(20-11-21-18)13-5-7-14(27-4)8-6-13/h5-11H,1-4H3,(H,20,21,22,24). The highest BCUT2D eigenvalue weighted by Gasteiger charge is 2.26. The molecule has 0 unspecified atom stereocenters. The number of sulfonamides is 1. The lowest BCUT2D eigenvalue weighted by Crippen LogP contribution is -2.22. The van der Waals surface area contributed by atoms with E-state index in [2.05, 4.69) is 15.3 Å². The van der Waals surface area contributed by atoms with Gasteiger partial charge >= 0.3 is 0 Å². The van der Waals surface area contributed by atoms with Crippen molar-refractivity contribution in [2.75, 3.05) is 26.5 Å². The first-order valence-corrected chi connectivity index (χ1v) is 9.97. The highest BCUT2D eigenvalue weighted by Crippen LogP contribution is 2.24. The number of anilines is 1. The minimum atomic E-state index is -3.72. The van der Waals surface area contributed by atoms with E-state index in [-0.39, 0.29) is 22.2 Å². The van der Waals surface area contributed by atoms with Crippen molar-refractivity contribution in [2.45, 2.75) is 11.8 Å². The molecule has 0 radical (unpaired) electrons. The quantitative estimate of drug-likeness (QED) is 0.657. The first kappa shape index (κ1) is 20.5. The van der Waals surface area contributed by atoms with E-state index in [1.54, 1.807) is 25.3 Å². The summed E-state index contributed by atoms with van der Waals surface area (Å²) in [4.78, 5) is 20.7. The second kappa shape index (κ2) is 8.02. The summed E-state index contributed by atoms with van der Waals surface area (Å²) in [5.74, 6) is 0.348. The number of furan rings is 1. The Morgan fingerprint density at radius 3 is 2.45 bits per heavy atom. The lowest BCUT2D eigenvalue weighted by Gasteiger charge is -2.09. The van der Waals surface area contributed by atoms with E-state index in [1.807, 2.05) is 12.1 Å². The molecular formula is C19H20N4O5S. The number of carbonyl (C=O) groups is 1. The van der Waals surface area contributed by atoms with Crippen LogP contribution >= 0.6 is 0 Å². The normalized spacial score (nSPS) is 11.5. The summed E-state index contributed by atoms with van der Waals surface area (Å²) in [5.41, 5.74) is 1.42. The number of aromatic nitrogens is 2. The van der Waals surface area contributed by atoms with Crippen LogP contribution < -0.4 is 10.1 Å². The fourth-order valence-electron chi connectivity index (χ4n) is 2.55. The zero-order valence-corrected chi connectivity index (χ0v) is 17.1. The molecule has 0 aliphatic rings. The number of hydrogen-bond acceptors (Lipinski definition) is 7. The third kappa shape index (κ3) is 4.28. The van der Waals surface area contributed by atoms with Crippen LogP contribution in [0.5, 0.6) is 5.75 Å². The molecule has 0 aliphatic carbocycles. The molecule has 152 valence electrons. The van der Waals surface area contributed by atoms with Crippen LogP contribution in [0.25, 0.3) is 11.3 Å². The van der Waals surface area contributed by atoms with Crippen molar-refractivity contribution in [3.63, 3.8) is 0 Å². The number of amides is 1. The lowest BCUT2D eigenvalue weighted by atomic mass is 10.1. The molecule has 9 nitrogen and oxygen atoms in total. The summed E-state index contributed by atoms with van der Waals surface area (Å²) < 4.78 is 36.1. The Morgan fingerprint density at radius 2 is 1.83 bits per heavy atom. The van der Waals surface area contributed by atoms with Crippen molar-refractivity contribution in [2.24, 2.45) is 0 Å². The smallest absolute Gasteiger partial charge is 0.292 e. The van der Waals surface area contributed by atoms with Crippen LogP contribution in [0.15, 0.2) is 52.0 Å². The first-order valence-electron chi connectivity index (χ1n) is 8.53. The maximum absolute atomic E-state index is 12.5. The van der Waals surface area contributed by atoms with Gasteiger partial charge in [0.25, 0.3) is 5.91 Å². The summed E-state index contributed by atoms with van der Waals surface area (Å²) >= 11 is 0. The molecular weight excluding hydrogens is 396 g/mol. The van der Waals surface area contributed by atoms with Crippen LogP contribution in [0.1, 0.15) is 16.3 Å². The number of hydrogen-bond donors (Lipinski definition) is 1. The summed E-state index contributed by atoms with van der Waals surface area (Å²) in [6.07, 6.45) is 1.32. The van der Waals surface area contributed by atoms with Gasteiger partial charge in [-0.15, -0.1) is 0 Å². The second-order valence-corrected chi connectivity index (χ2v) is 8.41. The number of rotatable bonds is 6. The van der Waals surface area contributed by atoms with E-state index in [4.69, 9.17) is 9.15 Å². The number of benzene rings is 1. The van der Waals surface area contributed by atoms with Crippen molar-refractivity contribution in [3.8, 4) is 17.0 Å². The molecule has 0 aliphatic heterocycles. The number of nitrogens with one attached hydrogen (secondary N) is 1. The predicted octanol–water partition coefficient (Wildman–Crippen LogP) is 2.56. The average Bonchev–Trinajstić information content (AvgIpc) is 3.11. The molecule has 1 aromatic carbocycles. The van der Waals surface area contributed by atoms with Crippen LogP contribution in [-0.4, -0.2) is 49.8 Å². The zero-order chi connectivity index (χ0) is 21.2. The van der Waals surface area contributed by atoms with Crippen molar-refractivity contribution >= 4 is 21.7 Å². The molecule has 3 rings (SSSR count). The lowest BCUT2D eigenvalue weighted by molar-refractivity contribution is 0.0995. The summed E-state index contributed by atoms with van der Waals surface area (Å²) in [7, 11) is 0.676. The van der Waals surface area contributed by atoms with Crippen molar-refractivity contribution in [3.05, 3.63) is 54.2 Å². The van der Waals surface area contributed by atoms with Crippen LogP contribution in [-0.2, 0) is 10.0 Å². The number of carbonyl (C=O) groups excluding carboxylic acids is 1. The van der Waals surface area contributed by atoms with Gasteiger partial charge < -0.3 is 14.5 Å². The van der Waals surface area contributed by atoms with Gasteiger partial charge in [-0.05, 0) is 31.2 Å². The van der Waals surface area contributed by atoms with Gasteiger partial charge in [0.15, 0.2) is 5.76 Å². The Bertz CT molecular complexity index is 1140. The first-order chi connectivity index (χ1) is 13.7. The van der Waals surface area contributed by atoms with Gasteiger partial charge in [0.05, 0.1) is 12.8 Å². The number of aryl methyl sites for hydroxylation is 1. The van der Waals surface area contributed by atoms with E-state index >= 15 is 0 Å². The van der Waals surface area contributed by atoms with E-state index in [0.29, 0.717) is 11.4 Å². The monoisotopic (exact) mass is 416 g/mol. The molecule has 2 aromatic heterocycles. The van der Waals surface area contributed by atoms with Gasteiger partial charge in [0.2, 0.25) is 10.0 Å². The number of methoxy groups -OCH3 is 1. The molecule has 0 fully saturated rings. The number of nitrogens with zero attached hydrogens (tertiary/aromatic N) is 3. The Balaban J connectivity index is 1.83. The van der Waals surface area contributed by atoms with Crippen molar-refractivity contribution in [1.82, 2.24) is 14.3 Å². The Morgan fingerprint density at radius 1 is 1.14 bits per heavy atom. The summed E-state index contributed by atoms with van der Waals surface area (Å²) in [5, 5.41) is 2.60. The summed E-state index contributed by atoms with van der Waals surface area (Å²) in [6, 6.07) is 10.1. The highest BCUT2D eigenvalue weighted by atomic mass is 32.2. The predicted molar refractivity (Wildman–Crippen MR) is 106 cm³/mol. The highest BCUT2D eigenvalue weighted by molar-refractivity contribution is 7.89. The molecule has 1 N–H and O–H groups in total. The second-order valence-electron chi connectivity index (χ2n) is 6.29. The van der Waals surface area contributed by atoms with Gasteiger partial charge in [0, 0.05) is 31.8 Å². The molecule has 0 atom stereocenters. The number of ether oxygens (including phenoxy) is 1. The Hall–Kier alpha value is -3.24. The van der Waals surface area contributed by atoms with Crippen molar-refractivity contribution < 1.29 is 22.4 Å². The van der Waals surface area contributed by atoms with Gasteiger partial charge in [0.1, 0.15) is 28.6 Å². The largest absolute Gasteiger partial charge is 0.497 e. The van der Waals surface area contributed by atoms with Gasteiger partial charge in [-0.2, -0.15) is 0 Å². The SMILES string of the molecule is COc1ccc(-c2cc(NC(=O)c3cc(S(=O)(=O)N(C)C)c(C)o3)ncn2)cc1. The fourth-order valence-corrected chi connectivity index (χ4v) is 3.61. The van der Waals surface area contributed by atoms with Crippen molar-refractivity contribution in [1.29, 1.82) is 0 Å². The Labute approximate surface area is 168 Å². The average molecular weight is 416 g/mol. The molecule has 0 spiro atoms. The minimum absolute atomic E-state index is 0.0609. The molecule has 29 heavy (non-hydrogen) atoms. The van der Waals surface area contributed by atoms with Crippen LogP contribution in [0.2, 0.25) is 0 Å². The maximum atomic E-state index is 12.5. The molecule has 2 heterocycles. The van der Waals surface area contributed by atoms with Gasteiger partial charge in [-0.25, -0.2) is 22.7 Å². The molecule has 10 heteroatoms. The zero-order valence-electron chi connectivity index (χ0n) is 16.3.